The molecular formula is C19H22N2O2. The topological polar surface area (TPSA) is 50.4 Å². The van der Waals surface area contributed by atoms with Gasteiger partial charge in [0.15, 0.2) is 6.61 Å². The molecule has 1 unspecified atom stereocenters. The van der Waals surface area contributed by atoms with Crippen molar-refractivity contribution < 1.29 is 9.53 Å². The molecule has 0 spiro atoms. The number of rotatable bonds is 6. The summed E-state index contributed by atoms with van der Waals surface area (Å²) in [4.78, 5) is 12.0. The summed E-state index contributed by atoms with van der Waals surface area (Å²) in [5.41, 5.74) is 2.32. The van der Waals surface area contributed by atoms with Crippen LogP contribution in [0.1, 0.15) is 17.5 Å². The fourth-order valence-corrected chi connectivity index (χ4v) is 2.80. The van der Waals surface area contributed by atoms with E-state index in [1.165, 1.54) is 5.56 Å². The smallest absolute Gasteiger partial charge is 0.258 e. The summed E-state index contributed by atoms with van der Waals surface area (Å²) in [6, 6.07) is 18.4. The number of hydrogen-bond acceptors (Lipinski definition) is 3. The molecule has 2 aromatic carbocycles. The Hall–Kier alpha value is -2.33. The Morgan fingerprint density at radius 3 is 2.70 bits per heavy atom. The summed E-state index contributed by atoms with van der Waals surface area (Å²) in [5.74, 6) is 0.712. The van der Waals surface area contributed by atoms with E-state index in [1.807, 2.05) is 42.5 Å². The van der Waals surface area contributed by atoms with Crippen LogP contribution < -0.4 is 15.4 Å². The summed E-state index contributed by atoms with van der Waals surface area (Å²) in [6.45, 7) is 1.87. The van der Waals surface area contributed by atoms with Gasteiger partial charge in [-0.3, -0.25) is 4.79 Å². The van der Waals surface area contributed by atoms with Crippen LogP contribution in [0.4, 0.5) is 0 Å². The van der Waals surface area contributed by atoms with Gasteiger partial charge in [0.25, 0.3) is 5.91 Å². The standard InChI is InChI=1S/C19H22N2O2/c22-19(21-17-10-11-20-13-17)14-23-18-9-5-4-8-16(18)12-15-6-2-1-3-7-15/h1-9,17,20H,10-14H2,(H,21,22). The van der Waals surface area contributed by atoms with Crippen LogP contribution in [0.25, 0.3) is 0 Å². The number of hydrogen-bond donors (Lipinski definition) is 2. The van der Waals surface area contributed by atoms with E-state index in [9.17, 15) is 4.79 Å². The first kappa shape index (κ1) is 15.6. The summed E-state index contributed by atoms with van der Waals surface area (Å²) in [6.07, 6.45) is 1.78. The van der Waals surface area contributed by atoms with Crippen LogP contribution in [-0.4, -0.2) is 31.6 Å². The van der Waals surface area contributed by atoms with Crippen LogP contribution in [-0.2, 0) is 11.2 Å². The highest BCUT2D eigenvalue weighted by Gasteiger charge is 2.17. The van der Waals surface area contributed by atoms with E-state index in [4.69, 9.17) is 4.74 Å². The summed E-state index contributed by atoms with van der Waals surface area (Å²) in [7, 11) is 0. The Morgan fingerprint density at radius 1 is 1.13 bits per heavy atom. The molecule has 4 nitrogen and oxygen atoms in total. The first-order chi connectivity index (χ1) is 11.3. The highest BCUT2D eigenvalue weighted by atomic mass is 16.5. The van der Waals surface area contributed by atoms with Gasteiger partial charge in [-0.15, -0.1) is 0 Å². The number of nitrogens with one attached hydrogen (secondary N) is 2. The molecular weight excluding hydrogens is 288 g/mol. The Morgan fingerprint density at radius 2 is 1.91 bits per heavy atom. The average molecular weight is 310 g/mol. The second kappa shape index (κ2) is 7.79. The average Bonchev–Trinajstić information content (AvgIpc) is 3.08. The Labute approximate surface area is 136 Å². The molecule has 3 rings (SSSR count). The third-order valence-electron chi connectivity index (χ3n) is 3.99. The lowest BCUT2D eigenvalue weighted by Gasteiger charge is -2.14. The molecule has 1 aliphatic rings. The van der Waals surface area contributed by atoms with Gasteiger partial charge in [-0.2, -0.15) is 0 Å². The molecule has 23 heavy (non-hydrogen) atoms. The lowest BCUT2D eigenvalue weighted by Crippen LogP contribution is -2.39. The molecule has 1 fully saturated rings. The monoisotopic (exact) mass is 310 g/mol. The van der Waals surface area contributed by atoms with Crippen LogP contribution in [0.15, 0.2) is 54.6 Å². The molecule has 1 amide bonds. The largest absolute Gasteiger partial charge is 0.483 e. The van der Waals surface area contributed by atoms with Gasteiger partial charge in [-0.25, -0.2) is 0 Å². The zero-order valence-electron chi connectivity index (χ0n) is 13.1. The molecule has 0 radical (unpaired) electrons. The number of carbonyl (C=O) groups excluding carboxylic acids is 1. The molecule has 0 saturated carbocycles. The van der Waals surface area contributed by atoms with Crippen molar-refractivity contribution in [3.05, 3.63) is 65.7 Å². The minimum atomic E-state index is -0.0618. The van der Waals surface area contributed by atoms with Crippen molar-refractivity contribution in [2.24, 2.45) is 0 Å². The van der Waals surface area contributed by atoms with Gasteiger partial charge >= 0.3 is 0 Å². The van der Waals surface area contributed by atoms with Gasteiger partial charge in [-0.1, -0.05) is 48.5 Å². The van der Waals surface area contributed by atoms with E-state index >= 15 is 0 Å². The van der Waals surface area contributed by atoms with Gasteiger partial charge in [0.1, 0.15) is 5.75 Å². The molecule has 0 bridgehead atoms. The number of para-hydroxylation sites is 1. The molecule has 2 aromatic rings. The summed E-state index contributed by atoms with van der Waals surface area (Å²) >= 11 is 0. The zero-order chi connectivity index (χ0) is 15.9. The predicted molar refractivity (Wildman–Crippen MR) is 90.6 cm³/mol. The fourth-order valence-electron chi connectivity index (χ4n) is 2.80. The second-order valence-electron chi connectivity index (χ2n) is 5.82. The molecule has 1 heterocycles. The summed E-state index contributed by atoms with van der Waals surface area (Å²) < 4.78 is 5.75. The van der Waals surface area contributed by atoms with Gasteiger partial charge < -0.3 is 15.4 Å². The molecule has 0 aliphatic carbocycles. The Bertz CT molecular complexity index is 637. The third-order valence-corrected chi connectivity index (χ3v) is 3.99. The molecule has 0 aromatic heterocycles. The predicted octanol–water partition coefficient (Wildman–Crippen LogP) is 2.13. The highest BCUT2D eigenvalue weighted by molar-refractivity contribution is 5.78. The van der Waals surface area contributed by atoms with Crippen molar-refractivity contribution in [2.75, 3.05) is 19.7 Å². The van der Waals surface area contributed by atoms with Gasteiger partial charge in [0.05, 0.1) is 0 Å². The van der Waals surface area contributed by atoms with Crippen molar-refractivity contribution in [2.45, 2.75) is 18.9 Å². The minimum Gasteiger partial charge on any atom is -0.483 e. The summed E-state index contributed by atoms with van der Waals surface area (Å²) in [5, 5.41) is 6.22. The Kier molecular flexibility index (Phi) is 5.27. The first-order valence-corrected chi connectivity index (χ1v) is 8.06. The third kappa shape index (κ3) is 4.57. The zero-order valence-corrected chi connectivity index (χ0v) is 13.1. The van der Waals surface area contributed by atoms with E-state index < -0.39 is 0 Å². The number of ether oxygens (including phenoxy) is 1. The first-order valence-electron chi connectivity index (χ1n) is 8.06. The van der Waals surface area contributed by atoms with E-state index in [-0.39, 0.29) is 18.6 Å². The Balaban J connectivity index is 1.58. The molecule has 1 atom stereocenters. The van der Waals surface area contributed by atoms with Crippen molar-refractivity contribution >= 4 is 5.91 Å². The quantitative estimate of drug-likeness (QED) is 0.859. The molecule has 1 aliphatic heterocycles. The van der Waals surface area contributed by atoms with Crippen molar-refractivity contribution in [3.63, 3.8) is 0 Å². The fraction of sp³-hybridized carbons (Fsp3) is 0.316. The van der Waals surface area contributed by atoms with E-state index in [1.54, 1.807) is 0 Å². The highest BCUT2D eigenvalue weighted by Crippen LogP contribution is 2.21. The lowest BCUT2D eigenvalue weighted by molar-refractivity contribution is -0.123. The van der Waals surface area contributed by atoms with Crippen LogP contribution >= 0.6 is 0 Å². The second-order valence-corrected chi connectivity index (χ2v) is 5.82. The van der Waals surface area contributed by atoms with Gasteiger partial charge in [-0.05, 0) is 30.2 Å². The maximum atomic E-state index is 12.0. The van der Waals surface area contributed by atoms with E-state index in [2.05, 4.69) is 22.8 Å². The van der Waals surface area contributed by atoms with Crippen molar-refractivity contribution in [3.8, 4) is 5.75 Å². The van der Waals surface area contributed by atoms with Crippen LogP contribution in [0, 0.1) is 0 Å². The molecule has 120 valence electrons. The maximum absolute atomic E-state index is 12.0. The van der Waals surface area contributed by atoms with E-state index in [0.717, 1.165) is 37.2 Å². The molecule has 1 saturated heterocycles. The van der Waals surface area contributed by atoms with Gasteiger partial charge in [0.2, 0.25) is 0 Å². The van der Waals surface area contributed by atoms with Crippen molar-refractivity contribution in [1.82, 2.24) is 10.6 Å². The lowest BCUT2D eigenvalue weighted by atomic mass is 10.0. The van der Waals surface area contributed by atoms with Gasteiger partial charge in [0, 0.05) is 19.0 Å². The number of benzene rings is 2. The van der Waals surface area contributed by atoms with Crippen LogP contribution in [0.3, 0.4) is 0 Å². The minimum absolute atomic E-state index is 0.0578. The number of amides is 1. The van der Waals surface area contributed by atoms with Crippen LogP contribution in [0.5, 0.6) is 5.75 Å². The number of carbonyl (C=O) groups is 1. The normalized spacial score (nSPS) is 17.0. The van der Waals surface area contributed by atoms with E-state index in [0.29, 0.717) is 0 Å². The maximum Gasteiger partial charge on any atom is 0.258 e. The van der Waals surface area contributed by atoms with Crippen molar-refractivity contribution in [1.29, 1.82) is 0 Å². The SMILES string of the molecule is O=C(COc1ccccc1Cc1ccccc1)NC1CCNC1. The van der Waals surface area contributed by atoms with Crippen LogP contribution in [0.2, 0.25) is 0 Å². The molecule has 4 heteroatoms. The molecule has 2 N–H and O–H groups in total.